The third kappa shape index (κ3) is 4.45. The van der Waals surface area contributed by atoms with Gasteiger partial charge in [-0.1, -0.05) is 30.0 Å². The summed E-state index contributed by atoms with van der Waals surface area (Å²) in [7, 11) is 0. The molecule has 0 spiro atoms. The fraction of sp³-hybridized carbons (Fsp3) is 0.208. The lowest BCUT2D eigenvalue weighted by molar-refractivity contribution is -0.120. The molecule has 1 aliphatic rings. The van der Waals surface area contributed by atoms with Crippen molar-refractivity contribution < 1.29 is 18.7 Å². The van der Waals surface area contributed by atoms with Crippen LogP contribution < -0.4 is 20.3 Å². The van der Waals surface area contributed by atoms with Crippen molar-refractivity contribution in [3.8, 4) is 11.5 Å². The number of ether oxygens (including phenoxy) is 2. The summed E-state index contributed by atoms with van der Waals surface area (Å²) in [5.74, 6) is 1.85. The molecule has 1 amide bonds. The predicted octanol–water partition coefficient (Wildman–Crippen LogP) is 3.56. The van der Waals surface area contributed by atoms with E-state index in [2.05, 4.69) is 10.3 Å². The van der Waals surface area contributed by atoms with Gasteiger partial charge in [-0.2, -0.15) is 0 Å². The van der Waals surface area contributed by atoms with E-state index in [1.807, 2.05) is 30.3 Å². The fourth-order valence-electron chi connectivity index (χ4n) is 3.53. The standard InChI is InChI=1S/C24H21N3O5S/c1-15(22(28)25-12-16-8-9-20-21(11-16)32-14-31-20)33-24-26-19-7-3-2-6-18(19)23(29)27(24)13-17-5-4-10-30-17/h2-11,15H,12-14H2,1H3,(H,25,28)/t15-/m0/s1. The Morgan fingerprint density at radius 1 is 1.15 bits per heavy atom. The first-order valence-electron chi connectivity index (χ1n) is 10.4. The van der Waals surface area contributed by atoms with Crippen molar-refractivity contribution in [2.24, 2.45) is 0 Å². The molecule has 168 valence electrons. The number of hydrogen-bond donors (Lipinski definition) is 1. The topological polar surface area (TPSA) is 95.6 Å². The van der Waals surface area contributed by atoms with Crippen LogP contribution in [0.15, 0.2) is 75.2 Å². The number of rotatable bonds is 7. The van der Waals surface area contributed by atoms with E-state index < -0.39 is 5.25 Å². The number of thioether (sulfide) groups is 1. The van der Waals surface area contributed by atoms with Gasteiger partial charge < -0.3 is 19.2 Å². The van der Waals surface area contributed by atoms with Gasteiger partial charge in [0.15, 0.2) is 16.7 Å². The normalized spacial score (nSPS) is 13.2. The Morgan fingerprint density at radius 3 is 2.85 bits per heavy atom. The van der Waals surface area contributed by atoms with Gasteiger partial charge in [0.2, 0.25) is 12.7 Å². The first-order valence-corrected chi connectivity index (χ1v) is 11.3. The van der Waals surface area contributed by atoms with Crippen LogP contribution >= 0.6 is 11.8 Å². The smallest absolute Gasteiger partial charge is 0.262 e. The zero-order valence-corrected chi connectivity index (χ0v) is 18.6. The second kappa shape index (κ2) is 9.03. The summed E-state index contributed by atoms with van der Waals surface area (Å²) in [5.41, 5.74) is 1.32. The number of fused-ring (bicyclic) bond motifs is 2. The lowest BCUT2D eigenvalue weighted by Gasteiger charge is -2.16. The second-order valence-corrected chi connectivity index (χ2v) is 8.86. The van der Waals surface area contributed by atoms with Crippen LogP contribution in [-0.4, -0.2) is 27.5 Å². The maximum Gasteiger partial charge on any atom is 0.262 e. The highest BCUT2D eigenvalue weighted by Gasteiger charge is 2.20. The largest absolute Gasteiger partial charge is 0.467 e. The molecule has 8 nitrogen and oxygen atoms in total. The number of hydrogen-bond acceptors (Lipinski definition) is 7. The van der Waals surface area contributed by atoms with Gasteiger partial charge in [0.05, 0.1) is 29.0 Å². The van der Waals surface area contributed by atoms with Crippen LogP contribution in [0.5, 0.6) is 11.5 Å². The number of benzene rings is 2. The number of carbonyl (C=O) groups is 1. The van der Waals surface area contributed by atoms with E-state index in [4.69, 9.17) is 13.9 Å². The van der Waals surface area contributed by atoms with Gasteiger partial charge in [-0.05, 0) is 48.9 Å². The van der Waals surface area contributed by atoms with Crippen LogP contribution in [0.4, 0.5) is 0 Å². The van der Waals surface area contributed by atoms with Gasteiger partial charge in [-0.15, -0.1) is 0 Å². The minimum absolute atomic E-state index is 0.162. The minimum atomic E-state index is -0.477. The molecule has 0 unspecified atom stereocenters. The molecule has 1 atom stereocenters. The molecule has 0 saturated heterocycles. The number of nitrogens with one attached hydrogen (secondary N) is 1. The molecule has 0 aliphatic carbocycles. The number of para-hydroxylation sites is 1. The molecule has 3 heterocycles. The average Bonchev–Trinajstić information content (AvgIpc) is 3.51. The number of aromatic nitrogens is 2. The van der Waals surface area contributed by atoms with Crippen LogP contribution in [0.3, 0.4) is 0 Å². The summed E-state index contributed by atoms with van der Waals surface area (Å²) >= 11 is 1.24. The Morgan fingerprint density at radius 2 is 2.00 bits per heavy atom. The number of amides is 1. The molecule has 0 radical (unpaired) electrons. The highest BCUT2D eigenvalue weighted by molar-refractivity contribution is 8.00. The molecule has 5 rings (SSSR count). The summed E-state index contributed by atoms with van der Waals surface area (Å²) in [6, 6.07) is 16.3. The molecule has 4 aromatic rings. The first-order chi connectivity index (χ1) is 16.1. The summed E-state index contributed by atoms with van der Waals surface area (Å²) < 4.78 is 17.7. The highest BCUT2D eigenvalue weighted by Crippen LogP contribution is 2.32. The molecule has 2 aromatic heterocycles. The highest BCUT2D eigenvalue weighted by atomic mass is 32.2. The SMILES string of the molecule is C[C@H](Sc1nc2ccccc2c(=O)n1Cc1ccco1)C(=O)NCc1ccc2c(c1)OCO2. The Kier molecular flexibility index (Phi) is 5.78. The summed E-state index contributed by atoms with van der Waals surface area (Å²) in [5, 5.41) is 3.44. The van der Waals surface area contributed by atoms with Gasteiger partial charge in [0.1, 0.15) is 5.76 Å². The van der Waals surface area contributed by atoms with Gasteiger partial charge in [-0.3, -0.25) is 14.2 Å². The van der Waals surface area contributed by atoms with Crippen LogP contribution in [-0.2, 0) is 17.9 Å². The zero-order valence-electron chi connectivity index (χ0n) is 17.8. The van der Waals surface area contributed by atoms with E-state index in [1.165, 1.54) is 11.8 Å². The van der Waals surface area contributed by atoms with Gasteiger partial charge >= 0.3 is 0 Å². The summed E-state index contributed by atoms with van der Waals surface area (Å²) in [4.78, 5) is 30.7. The molecule has 33 heavy (non-hydrogen) atoms. The van der Waals surface area contributed by atoms with Gasteiger partial charge in [-0.25, -0.2) is 4.98 Å². The average molecular weight is 464 g/mol. The molecule has 0 saturated carbocycles. The molecular formula is C24H21N3O5S. The van der Waals surface area contributed by atoms with Crippen molar-refractivity contribution in [1.82, 2.24) is 14.9 Å². The van der Waals surface area contributed by atoms with Crippen molar-refractivity contribution in [2.75, 3.05) is 6.79 Å². The maximum absolute atomic E-state index is 13.2. The number of carbonyl (C=O) groups excluding carboxylic acids is 1. The van der Waals surface area contributed by atoms with Gasteiger partial charge in [0.25, 0.3) is 5.56 Å². The number of furan rings is 1. The Labute approximate surface area is 193 Å². The first kappa shape index (κ1) is 21.1. The molecule has 0 bridgehead atoms. The second-order valence-electron chi connectivity index (χ2n) is 7.55. The van der Waals surface area contributed by atoms with Crippen molar-refractivity contribution >= 4 is 28.6 Å². The van der Waals surface area contributed by atoms with E-state index >= 15 is 0 Å². The monoisotopic (exact) mass is 463 g/mol. The quantitative estimate of drug-likeness (QED) is 0.331. The summed E-state index contributed by atoms with van der Waals surface area (Å²) in [6.45, 7) is 2.58. The van der Waals surface area contributed by atoms with Crippen LogP contribution in [0.25, 0.3) is 10.9 Å². The number of nitrogens with zero attached hydrogens (tertiary/aromatic N) is 2. The molecular weight excluding hydrogens is 442 g/mol. The van der Waals surface area contributed by atoms with Crippen molar-refractivity contribution in [3.63, 3.8) is 0 Å². The third-order valence-corrected chi connectivity index (χ3v) is 6.37. The van der Waals surface area contributed by atoms with E-state index in [9.17, 15) is 9.59 Å². The molecule has 0 fully saturated rings. The molecule has 1 aliphatic heterocycles. The van der Waals surface area contributed by atoms with E-state index in [0.29, 0.717) is 39.9 Å². The predicted molar refractivity (Wildman–Crippen MR) is 124 cm³/mol. The van der Waals surface area contributed by atoms with E-state index in [0.717, 1.165) is 5.56 Å². The Bertz CT molecular complexity index is 1370. The van der Waals surface area contributed by atoms with E-state index in [-0.39, 0.29) is 24.8 Å². The maximum atomic E-state index is 13.2. The van der Waals surface area contributed by atoms with Crippen molar-refractivity contribution in [1.29, 1.82) is 0 Å². The van der Waals surface area contributed by atoms with E-state index in [1.54, 1.807) is 42.0 Å². The Balaban J connectivity index is 1.35. The zero-order chi connectivity index (χ0) is 22.8. The van der Waals surface area contributed by atoms with Crippen molar-refractivity contribution in [2.45, 2.75) is 30.4 Å². The molecule has 2 aromatic carbocycles. The lowest BCUT2D eigenvalue weighted by Crippen LogP contribution is -2.31. The molecule has 1 N–H and O–H groups in total. The minimum Gasteiger partial charge on any atom is -0.467 e. The third-order valence-electron chi connectivity index (χ3n) is 5.28. The van der Waals surface area contributed by atoms with Gasteiger partial charge in [0, 0.05) is 6.54 Å². The van der Waals surface area contributed by atoms with Crippen molar-refractivity contribution in [3.05, 3.63) is 82.5 Å². The van der Waals surface area contributed by atoms with Crippen LogP contribution in [0.2, 0.25) is 0 Å². The summed E-state index contributed by atoms with van der Waals surface area (Å²) in [6.07, 6.45) is 1.56. The van der Waals surface area contributed by atoms with Crippen LogP contribution in [0, 0.1) is 0 Å². The Hall–Kier alpha value is -3.72. The molecule has 9 heteroatoms. The fourth-order valence-corrected chi connectivity index (χ4v) is 4.46. The van der Waals surface area contributed by atoms with Crippen LogP contribution in [0.1, 0.15) is 18.2 Å². The lowest BCUT2D eigenvalue weighted by atomic mass is 10.2.